The number of aromatic nitrogens is 3. The number of amides is 1. The van der Waals surface area contributed by atoms with Crippen molar-refractivity contribution in [2.24, 2.45) is 0 Å². The van der Waals surface area contributed by atoms with Crippen molar-refractivity contribution in [3.05, 3.63) is 81.3 Å². The molecule has 1 fully saturated rings. The van der Waals surface area contributed by atoms with E-state index in [1.54, 1.807) is 27.2 Å². The van der Waals surface area contributed by atoms with Crippen molar-refractivity contribution < 1.29 is 18.7 Å². The first-order chi connectivity index (χ1) is 18.4. The van der Waals surface area contributed by atoms with Crippen LogP contribution < -0.4 is 16.0 Å². The van der Waals surface area contributed by atoms with Crippen LogP contribution in [0.4, 0.5) is 0 Å². The smallest absolute Gasteiger partial charge is 0.332 e. The fourth-order valence-electron chi connectivity index (χ4n) is 4.91. The summed E-state index contributed by atoms with van der Waals surface area (Å²) in [4.78, 5) is 47.7. The number of rotatable bonds is 9. The molecule has 1 aliphatic rings. The Hall–Kier alpha value is -3.96. The number of nitrogens with zero attached hydrogens (tertiary/aromatic N) is 4. The lowest BCUT2D eigenvalue weighted by molar-refractivity contribution is -0.129. The van der Waals surface area contributed by atoms with Gasteiger partial charge in [0.15, 0.2) is 0 Å². The predicted molar refractivity (Wildman–Crippen MR) is 144 cm³/mol. The van der Waals surface area contributed by atoms with Crippen LogP contribution in [0.3, 0.4) is 0 Å². The molecule has 1 amide bonds. The van der Waals surface area contributed by atoms with Crippen LogP contribution in [-0.4, -0.2) is 52.2 Å². The van der Waals surface area contributed by atoms with Crippen LogP contribution >= 0.6 is 11.3 Å². The molecule has 3 aromatic heterocycles. The molecular weight excluding hydrogens is 508 g/mol. The summed E-state index contributed by atoms with van der Waals surface area (Å²) in [5.41, 5.74) is 0.313. The summed E-state index contributed by atoms with van der Waals surface area (Å²) in [7, 11) is 3.24. The van der Waals surface area contributed by atoms with E-state index in [9.17, 15) is 14.4 Å². The minimum Gasteiger partial charge on any atom is -0.496 e. The largest absolute Gasteiger partial charge is 0.496 e. The van der Waals surface area contributed by atoms with E-state index in [2.05, 4.69) is 11.6 Å². The first-order valence-electron chi connectivity index (χ1n) is 12.2. The van der Waals surface area contributed by atoms with Crippen LogP contribution in [0.15, 0.2) is 63.4 Å². The van der Waals surface area contributed by atoms with E-state index in [1.807, 2.05) is 24.3 Å². The number of methoxy groups -OCH3 is 1. The van der Waals surface area contributed by atoms with E-state index >= 15 is 0 Å². The lowest BCUT2D eigenvalue weighted by atomic mass is 10.1. The van der Waals surface area contributed by atoms with Gasteiger partial charge in [0.25, 0.3) is 5.56 Å². The zero-order valence-corrected chi connectivity index (χ0v) is 22.2. The Morgan fingerprint density at radius 3 is 2.74 bits per heavy atom. The molecule has 1 unspecified atom stereocenters. The van der Waals surface area contributed by atoms with E-state index in [-0.39, 0.29) is 19.1 Å². The number of ether oxygens (including phenoxy) is 2. The molecule has 2 atom stereocenters. The van der Waals surface area contributed by atoms with E-state index in [0.29, 0.717) is 45.3 Å². The van der Waals surface area contributed by atoms with Crippen molar-refractivity contribution in [2.75, 3.05) is 27.3 Å². The van der Waals surface area contributed by atoms with E-state index in [0.717, 1.165) is 10.1 Å². The quantitative estimate of drug-likeness (QED) is 0.301. The zero-order valence-electron chi connectivity index (χ0n) is 21.4. The van der Waals surface area contributed by atoms with E-state index in [4.69, 9.17) is 13.9 Å². The second kappa shape index (κ2) is 10.4. The summed E-state index contributed by atoms with van der Waals surface area (Å²) in [5, 5.41) is 0.354. The highest BCUT2D eigenvalue weighted by Gasteiger charge is 2.35. The highest BCUT2D eigenvalue weighted by Crippen LogP contribution is 2.37. The topological polar surface area (TPSA) is 109 Å². The molecule has 0 radical (unpaired) electrons. The van der Waals surface area contributed by atoms with Crippen molar-refractivity contribution >= 4 is 27.5 Å². The SMILES string of the molecule is C=CCO[C@@H](Cn1c(=O)n(C2CCN(C)C2=O)c(=O)c2c(C)c(-c3ncco3)sc21)c1ccccc1OC. The molecule has 38 heavy (non-hydrogen) atoms. The molecule has 1 saturated heterocycles. The highest BCUT2D eigenvalue weighted by atomic mass is 32.1. The van der Waals surface area contributed by atoms with Crippen molar-refractivity contribution in [1.82, 2.24) is 19.0 Å². The number of thiophene rings is 1. The molecule has 4 aromatic rings. The number of para-hydroxylation sites is 1. The van der Waals surface area contributed by atoms with E-state index < -0.39 is 23.4 Å². The lowest BCUT2D eigenvalue weighted by Gasteiger charge is -2.22. The van der Waals surface area contributed by atoms with Gasteiger partial charge in [-0.3, -0.25) is 14.2 Å². The number of likely N-dealkylation sites (tertiary alicyclic amines) is 1. The molecule has 10 nitrogen and oxygen atoms in total. The van der Waals surface area contributed by atoms with Gasteiger partial charge in [-0.15, -0.1) is 17.9 Å². The maximum absolute atomic E-state index is 14.1. The van der Waals surface area contributed by atoms with Gasteiger partial charge in [0.2, 0.25) is 11.8 Å². The Morgan fingerprint density at radius 1 is 1.29 bits per heavy atom. The molecular formula is C27H28N4O6S. The third kappa shape index (κ3) is 4.27. The maximum atomic E-state index is 14.1. The maximum Gasteiger partial charge on any atom is 0.332 e. The number of carbonyl (C=O) groups excluding carboxylic acids is 1. The van der Waals surface area contributed by atoms with Gasteiger partial charge in [-0.25, -0.2) is 14.3 Å². The van der Waals surface area contributed by atoms with Gasteiger partial charge in [-0.05, 0) is 25.0 Å². The fraction of sp³-hybridized carbons (Fsp3) is 0.333. The molecule has 4 heterocycles. The van der Waals surface area contributed by atoms with Gasteiger partial charge in [0.05, 0.1) is 36.7 Å². The zero-order chi connectivity index (χ0) is 27.0. The molecule has 0 aliphatic carbocycles. The number of hydrogen-bond donors (Lipinski definition) is 0. The second-order valence-electron chi connectivity index (χ2n) is 9.06. The first-order valence-corrected chi connectivity index (χ1v) is 13.0. The van der Waals surface area contributed by atoms with Gasteiger partial charge in [-0.1, -0.05) is 24.3 Å². The summed E-state index contributed by atoms with van der Waals surface area (Å²) in [6.45, 7) is 6.32. The minimum atomic E-state index is -0.876. The van der Waals surface area contributed by atoms with Gasteiger partial charge >= 0.3 is 5.69 Å². The summed E-state index contributed by atoms with van der Waals surface area (Å²) in [5.74, 6) is 0.698. The Labute approximate surface area is 222 Å². The van der Waals surface area contributed by atoms with Crippen molar-refractivity contribution in [3.8, 4) is 16.5 Å². The number of likely N-dealkylation sites (N-methyl/N-ethyl adjacent to an activating group) is 1. The van der Waals surface area contributed by atoms with Crippen LogP contribution in [-0.2, 0) is 16.1 Å². The molecule has 0 saturated carbocycles. The third-order valence-electron chi connectivity index (χ3n) is 6.83. The average molecular weight is 537 g/mol. The molecule has 0 bridgehead atoms. The molecule has 11 heteroatoms. The fourth-order valence-corrected chi connectivity index (χ4v) is 6.15. The molecule has 5 rings (SSSR count). The number of carbonyl (C=O) groups is 1. The average Bonchev–Trinajstić information content (AvgIpc) is 3.65. The number of benzene rings is 1. The highest BCUT2D eigenvalue weighted by molar-refractivity contribution is 7.22. The van der Waals surface area contributed by atoms with Crippen LogP contribution in [0.1, 0.15) is 29.7 Å². The number of oxazole rings is 1. The van der Waals surface area contributed by atoms with Gasteiger partial charge in [-0.2, -0.15) is 0 Å². The normalized spacial score (nSPS) is 16.3. The standard InChI is InChI=1S/C27H28N4O6S/c1-5-13-36-20(17-8-6-7-9-19(17)35-4)15-30-26-21(16(2)22(38-26)23-28-11-14-37-23)25(33)31(27(30)34)18-10-12-29(3)24(18)32/h5-9,11,14,18,20H,1,10,12-13,15H2,2-4H3/t18?,20-/m0/s1. The number of fused-ring (bicyclic) bond motifs is 1. The number of aryl methyl sites for hydroxylation is 1. The van der Waals surface area contributed by atoms with Crippen LogP contribution in [0, 0.1) is 6.92 Å². The summed E-state index contributed by atoms with van der Waals surface area (Å²) in [6, 6.07) is 6.54. The van der Waals surface area contributed by atoms with Gasteiger partial charge in [0.1, 0.15) is 29.0 Å². The Balaban J connectivity index is 1.76. The Bertz CT molecular complexity index is 1620. The summed E-state index contributed by atoms with van der Waals surface area (Å²) >= 11 is 1.25. The van der Waals surface area contributed by atoms with Crippen LogP contribution in [0.5, 0.6) is 5.75 Å². The number of hydrogen-bond acceptors (Lipinski definition) is 8. The van der Waals surface area contributed by atoms with Crippen LogP contribution in [0.25, 0.3) is 21.0 Å². The minimum absolute atomic E-state index is 0.0750. The third-order valence-corrected chi connectivity index (χ3v) is 8.13. The Kier molecular flexibility index (Phi) is 7.04. The first kappa shape index (κ1) is 25.7. The van der Waals surface area contributed by atoms with Gasteiger partial charge in [0, 0.05) is 19.2 Å². The lowest BCUT2D eigenvalue weighted by Crippen LogP contribution is -2.44. The van der Waals surface area contributed by atoms with E-state index in [1.165, 1.54) is 33.3 Å². The molecule has 0 N–H and O–H groups in total. The Morgan fingerprint density at radius 2 is 2.08 bits per heavy atom. The molecule has 1 aliphatic heterocycles. The molecule has 1 aromatic carbocycles. The summed E-state index contributed by atoms with van der Waals surface area (Å²) < 4.78 is 19.8. The monoisotopic (exact) mass is 536 g/mol. The van der Waals surface area contributed by atoms with Crippen molar-refractivity contribution in [3.63, 3.8) is 0 Å². The van der Waals surface area contributed by atoms with Crippen molar-refractivity contribution in [2.45, 2.75) is 32.0 Å². The summed E-state index contributed by atoms with van der Waals surface area (Å²) in [6.07, 6.45) is 4.38. The van der Waals surface area contributed by atoms with Gasteiger partial charge < -0.3 is 18.8 Å². The van der Waals surface area contributed by atoms with Crippen LogP contribution in [0.2, 0.25) is 0 Å². The van der Waals surface area contributed by atoms with Crippen molar-refractivity contribution in [1.29, 1.82) is 0 Å². The molecule has 198 valence electrons. The molecule has 0 spiro atoms. The predicted octanol–water partition coefficient (Wildman–Crippen LogP) is 3.54. The second-order valence-corrected chi connectivity index (χ2v) is 10.1.